The van der Waals surface area contributed by atoms with Crippen molar-refractivity contribution in [3.8, 4) is 0 Å². The minimum atomic E-state index is 0.450. The Morgan fingerprint density at radius 1 is 1.38 bits per heavy atom. The van der Waals surface area contributed by atoms with Gasteiger partial charge in [-0.05, 0) is 52.1 Å². The summed E-state index contributed by atoms with van der Waals surface area (Å²) in [4.78, 5) is 2.58. The first-order valence-corrected chi connectivity index (χ1v) is 6.83. The van der Waals surface area contributed by atoms with Gasteiger partial charge in [0.15, 0.2) is 0 Å². The highest BCUT2D eigenvalue weighted by molar-refractivity contribution is 4.78. The summed E-state index contributed by atoms with van der Waals surface area (Å²) in [5, 5.41) is 3.66. The first-order chi connectivity index (χ1) is 7.75. The highest BCUT2D eigenvalue weighted by Crippen LogP contribution is 2.19. The molecule has 16 heavy (non-hydrogen) atoms. The van der Waals surface area contributed by atoms with Gasteiger partial charge in [-0.1, -0.05) is 0 Å². The van der Waals surface area contributed by atoms with Crippen molar-refractivity contribution in [2.45, 2.75) is 45.3 Å². The number of ether oxygens (including phenoxy) is 1. The fourth-order valence-corrected chi connectivity index (χ4v) is 2.81. The molecule has 0 bridgehead atoms. The van der Waals surface area contributed by atoms with Crippen molar-refractivity contribution in [3.05, 3.63) is 0 Å². The first kappa shape index (κ1) is 12.3. The summed E-state index contributed by atoms with van der Waals surface area (Å²) in [7, 11) is 0. The van der Waals surface area contributed by atoms with Crippen molar-refractivity contribution in [2.24, 2.45) is 5.92 Å². The number of nitrogens with zero attached hydrogens (tertiary/aromatic N) is 1. The SMILES string of the molecule is CC(CN1CCCC1)NCC1CCOC1C. The molecule has 3 nitrogen and oxygen atoms in total. The van der Waals surface area contributed by atoms with E-state index in [2.05, 4.69) is 24.1 Å². The Morgan fingerprint density at radius 2 is 2.12 bits per heavy atom. The molecule has 2 fully saturated rings. The Hall–Kier alpha value is -0.120. The molecule has 3 heteroatoms. The number of rotatable bonds is 5. The predicted molar refractivity (Wildman–Crippen MR) is 66.7 cm³/mol. The lowest BCUT2D eigenvalue weighted by atomic mass is 10.0. The van der Waals surface area contributed by atoms with Crippen LogP contribution in [0.15, 0.2) is 0 Å². The highest BCUT2D eigenvalue weighted by atomic mass is 16.5. The smallest absolute Gasteiger partial charge is 0.0588 e. The monoisotopic (exact) mass is 226 g/mol. The molecule has 0 spiro atoms. The van der Waals surface area contributed by atoms with E-state index < -0.39 is 0 Å². The number of nitrogens with one attached hydrogen (secondary N) is 1. The van der Waals surface area contributed by atoms with Crippen molar-refractivity contribution in [3.63, 3.8) is 0 Å². The van der Waals surface area contributed by atoms with Crippen LogP contribution in [-0.2, 0) is 4.74 Å². The number of hydrogen-bond acceptors (Lipinski definition) is 3. The van der Waals surface area contributed by atoms with Crippen LogP contribution in [0.4, 0.5) is 0 Å². The van der Waals surface area contributed by atoms with Crippen LogP contribution in [0.1, 0.15) is 33.1 Å². The lowest BCUT2D eigenvalue weighted by Crippen LogP contribution is -2.40. The van der Waals surface area contributed by atoms with Crippen LogP contribution in [0.25, 0.3) is 0 Å². The van der Waals surface area contributed by atoms with Gasteiger partial charge in [0.05, 0.1) is 6.10 Å². The summed E-state index contributed by atoms with van der Waals surface area (Å²) in [5.41, 5.74) is 0. The van der Waals surface area contributed by atoms with Crippen LogP contribution in [0.5, 0.6) is 0 Å². The fourth-order valence-electron chi connectivity index (χ4n) is 2.81. The maximum atomic E-state index is 5.58. The maximum Gasteiger partial charge on any atom is 0.0588 e. The van der Waals surface area contributed by atoms with Crippen LogP contribution >= 0.6 is 0 Å². The summed E-state index contributed by atoms with van der Waals surface area (Å²) >= 11 is 0. The average Bonchev–Trinajstić information content (AvgIpc) is 2.87. The predicted octanol–water partition coefficient (Wildman–Crippen LogP) is 1.49. The molecule has 3 unspecified atom stereocenters. The topological polar surface area (TPSA) is 24.5 Å². The van der Waals surface area contributed by atoms with Gasteiger partial charge in [0, 0.05) is 25.7 Å². The van der Waals surface area contributed by atoms with E-state index in [-0.39, 0.29) is 0 Å². The second-order valence-electron chi connectivity index (χ2n) is 5.44. The average molecular weight is 226 g/mol. The fraction of sp³-hybridized carbons (Fsp3) is 1.00. The molecular weight excluding hydrogens is 200 g/mol. The Labute approximate surface area is 99.5 Å². The molecule has 0 aliphatic carbocycles. The van der Waals surface area contributed by atoms with E-state index in [1.807, 2.05) is 0 Å². The molecule has 0 aromatic heterocycles. The molecule has 0 saturated carbocycles. The third kappa shape index (κ3) is 3.44. The molecule has 2 rings (SSSR count). The zero-order valence-electron chi connectivity index (χ0n) is 10.7. The Bertz CT molecular complexity index is 204. The number of hydrogen-bond donors (Lipinski definition) is 1. The van der Waals surface area contributed by atoms with E-state index in [1.165, 1.54) is 38.9 Å². The molecule has 2 saturated heterocycles. The van der Waals surface area contributed by atoms with Gasteiger partial charge in [0.1, 0.15) is 0 Å². The summed E-state index contributed by atoms with van der Waals surface area (Å²) in [6, 6.07) is 0.617. The molecule has 3 atom stereocenters. The van der Waals surface area contributed by atoms with E-state index in [4.69, 9.17) is 4.74 Å². The van der Waals surface area contributed by atoms with Crippen molar-refractivity contribution < 1.29 is 4.74 Å². The van der Waals surface area contributed by atoms with Crippen LogP contribution < -0.4 is 5.32 Å². The van der Waals surface area contributed by atoms with E-state index in [1.54, 1.807) is 0 Å². The molecule has 94 valence electrons. The molecule has 2 heterocycles. The Kier molecular flexibility index (Phi) is 4.62. The van der Waals surface area contributed by atoms with Crippen LogP contribution in [-0.4, -0.2) is 49.8 Å². The molecule has 0 amide bonds. The molecule has 0 aromatic carbocycles. The minimum absolute atomic E-state index is 0.450. The van der Waals surface area contributed by atoms with E-state index in [0.717, 1.165) is 19.1 Å². The first-order valence-electron chi connectivity index (χ1n) is 6.83. The molecule has 2 aliphatic heterocycles. The second kappa shape index (κ2) is 5.99. The molecule has 0 radical (unpaired) electrons. The summed E-state index contributed by atoms with van der Waals surface area (Å²) < 4.78 is 5.58. The van der Waals surface area contributed by atoms with Crippen LogP contribution in [0.2, 0.25) is 0 Å². The van der Waals surface area contributed by atoms with E-state index in [0.29, 0.717) is 12.1 Å². The van der Waals surface area contributed by atoms with Crippen LogP contribution in [0, 0.1) is 5.92 Å². The third-order valence-corrected chi connectivity index (χ3v) is 3.99. The van der Waals surface area contributed by atoms with Crippen molar-refractivity contribution >= 4 is 0 Å². The van der Waals surface area contributed by atoms with Gasteiger partial charge in [-0.3, -0.25) is 0 Å². The molecule has 0 aromatic rings. The number of likely N-dealkylation sites (tertiary alicyclic amines) is 1. The Balaban J connectivity index is 1.61. The highest BCUT2D eigenvalue weighted by Gasteiger charge is 2.24. The molecule has 2 aliphatic rings. The van der Waals surface area contributed by atoms with Gasteiger partial charge in [0.25, 0.3) is 0 Å². The van der Waals surface area contributed by atoms with E-state index >= 15 is 0 Å². The standard InChI is InChI=1S/C13H26N2O/c1-11(10-15-6-3-4-7-15)14-9-13-5-8-16-12(13)2/h11-14H,3-10H2,1-2H3. The van der Waals surface area contributed by atoms with Gasteiger partial charge in [-0.25, -0.2) is 0 Å². The largest absolute Gasteiger partial charge is 0.378 e. The summed E-state index contributed by atoms with van der Waals surface area (Å²) in [6.07, 6.45) is 4.46. The van der Waals surface area contributed by atoms with Gasteiger partial charge < -0.3 is 15.0 Å². The van der Waals surface area contributed by atoms with Gasteiger partial charge in [0.2, 0.25) is 0 Å². The van der Waals surface area contributed by atoms with Gasteiger partial charge in [-0.2, -0.15) is 0 Å². The summed E-state index contributed by atoms with van der Waals surface area (Å²) in [5.74, 6) is 0.723. The zero-order valence-corrected chi connectivity index (χ0v) is 10.7. The lowest BCUT2D eigenvalue weighted by molar-refractivity contribution is 0.104. The van der Waals surface area contributed by atoms with Gasteiger partial charge >= 0.3 is 0 Å². The second-order valence-corrected chi connectivity index (χ2v) is 5.44. The third-order valence-electron chi connectivity index (χ3n) is 3.99. The summed E-state index contributed by atoms with van der Waals surface area (Å²) in [6.45, 7) is 10.4. The normalized spacial score (nSPS) is 33.4. The van der Waals surface area contributed by atoms with Gasteiger partial charge in [-0.15, -0.1) is 0 Å². The lowest BCUT2D eigenvalue weighted by Gasteiger charge is -2.23. The molecule has 1 N–H and O–H groups in total. The maximum absolute atomic E-state index is 5.58. The molecular formula is C13H26N2O. The van der Waals surface area contributed by atoms with E-state index in [9.17, 15) is 0 Å². The minimum Gasteiger partial charge on any atom is -0.378 e. The van der Waals surface area contributed by atoms with Crippen molar-refractivity contribution in [2.75, 3.05) is 32.8 Å². The Morgan fingerprint density at radius 3 is 2.75 bits per heavy atom. The van der Waals surface area contributed by atoms with Crippen molar-refractivity contribution in [1.29, 1.82) is 0 Å². The zero-order chi connectivity index (χ0) is 11.4. The van der Waals surface area contributed by atoms with Crippen LogP contribution in [0.3, 0.4) is 0 Å². The van der Waals surface area contributed by atoms with Crippen molar-refractivity contribution in [1.82, 2.24) is 10.2 Å². The quantitative estimate of drug-likeness (QED) is 0.768.